The van der Waals surface area contributed by atoms with Gasteiger partial charge in [0.05, 0.1) is 23.8 Å². The van der Waals surface area contributed by atoms with Crippen molar-refractivity contribution in [2.75, 3.05) is 12.4 Å². The van der Waals surface area contributed by atoms with Crippen LogP contribution < -0.4 is 10.9 Å². The van der Waals surface area contributed by atoms with Crippen LogP contribution in [0.3, 0.4) is 0 Å². The Morgan fingerprint density at radius 1 is 1.38 bits per heavy atom. The summed E-state index contributed by atoms with van der Waals surface area (Å²) >= 11 is 2.91. The Morgan fingerprint density at radius 2 is 2.14 bits per heavy atom. The zero-order valence-electron chi connectivity index (χ0n) is 17.7. The Bertz CT molecular complexity index is 912. The Morgan fingerprint density at radius 3 is 2.76 bits per heavy atom. The molecule has 1 aliphatic heterocycles. The lowest BCUT2D eigenvalue weighted by Crippen LogP contribution is -2.35. The first-order valence-corrected chi connectivity index (χ1v) is 12.3. The van der Waals surface area contributed by atoms with Crippen LogP contribution in [0.15, 0.2) is 9.95 Å². The molecule has 0 aromatic carbocycles. The summed E-state index contributed by atoms with van der Waals surface area (Å²) in [5.74, 6) is 0.239. The zero-order valence-corrected chi connectivity index (χ0v) is 19.4. The number of aromatic nitrogens is 2. The molecule has 8 heteroatoms. The molecular weight excluding hydrogens is 406 g/mol. The minimum atomic E-state index is -0.0154. The van der Waals surface area contributed by atoms with Crippen molar-refractivity contribution in [3.63, 3.8) is 0 Å². The summed E-state index contributed by atoms with van der Waals surface area (Å²) in [7, 11) is 0. The fourth-order valence-electron chi connectivity index (χ4n) is 3.81. The van der Waals surface area contributed by atoms with Crippen molar-refractivity contribution >= 4 is 39.2 Å². The Kier molecular flexibility index (Phi) is 7.76. The third-order valence-corrected chi connectivity index (χ3v) is 7.54. The van der Waals surface area contributed by atoms with Gasteiger partial charge in [-0.05, 0) is 44.6 Å². The third kappa shape index (κ3) is 5.03. The summed E-state index contributed by atoms with van der Waals surface area (Å²) < 4.78 is 7.51. The highest BCUT2D eigenvalue weighted by atomic mass is 32.2. The molecule has 0 aliphatic carbocycles. The van der Waals surface area contributed by atoms with Crippen LogP contribution in [0, 0.1) is 6.92 Å². The standard InChI is InChI=1S/C21H31N3O3S2/c1-5-14(6-2)22-17(25)12-28-21-23-19-18(16(7-3)13(4)29-19)20(26)24(21)11-15-9-8-10-27-15/h14-15H,5-12H2,1-4H3,(H,22,25). The molecule has 1 aliphatic rings. The van der Waals surface area contributed by atoms with Crippen LogP contribution in [-0.4, -0.2) is 40.0 Å². The van der Waals surface area contributed by atoms with Crippen LogP contribution in [0.25, 0.3) is 10.2 Å². The van der Waals surface area contributed by atoms with E-state index in [1.807, 2.05) is 6.92 Å². The fourth-order valence-corrected chi connectivity index (χ4v) is 5.79. The predicted octanol–water partition coefficient (Wildman–Crippen LogP) is 3.90. The van der Waals surface area contributed by atoms with Gasteiger partial charge in [0.1, 0.15) is 4.83 Å². The smallest absolute Gasteiger partial charge is 0.263 e. The normalized spacial score (nSPS) is 16.8. The average molecular weight is 438 g/mol. The molecule has 2 aromatic heterocycles. The van der Waals surface area contributed by atoms with Gasteiger partial charge in [-0.1, -0.05) is 32.5 Å². The summed E-state index contributed by atoms with van der Waals surface area (Å²) in [6.45, 7) is 9.50. The van der Waals surface area contributed by atoms with E-state index in [2.05, 4.69) is 26.1 Å². The van der Waals surface area contributed by atoms with E-state index in [4.69, 9.17) is 9.72 Å². The van der Waals surface area contributed by atoms with Crippen molar-refractivity contribution < 1.29 is 9.53 Å². The molecule has 160 valence electrons. The number of amides is 1. The van der Waals surface area contributed by atoms with Gasteiger partial charge in [-0.2, -0.15) is 0 Å². The number of thioether (sulfide) groups is 1. The van der Waals surface area contributed by atoms with Crippen LogP contribution in [0.4, 0.5) is 0 Å². The van der Waals surface area contributed by atoms with Crippen molar-refractivity contribution in [2.45, 2.75) is 83.6 Å². The van der Waals surface area contributed by atoms with Crippen LogP contribution >= 0.6 is 23.1 Å². The number of hydrogen-bond acceptors (Lipinski definition) is 6. The number of aryl methyl sites for hydroxylation is 2. The highest BCUT2D eigenvalue weighted by Crippen LogP contribution is 2.30. The lowest BCUT2D eigenvalue weighted by atomic mass is 10.1. The van der Waals surface area contributed by atoms with Crippen molar-refractivity contribution in [2.24, 2.45) is 0 Å². The van der Waals surface area contributed by atoms with Crippen molar-refractivity contribution in [3.8, 4) is 0 Å². The van der Waals surface area contributed by atoms with Gasteiger partial charge in [-0.15, -0.1) is 11.3 Å². The van der Waals surface area contributed by atoms with E-state index in [-0.39, 0.29) is 29.4 Å². The summed E-state index contributed by atoms with van der Waals surface area (Å²) in [6, 6.07) is 0.194. The van der Waals surface area contributed by atoms with Crippen LogP contribution in [0.5, 0.6) is 0 Å². The van der Waals surface area contributed by atoms with E-state index in [0.717, 1.165) is 59.4 Å². The molecule has 2 aromatic rings. The van der Waals surface area contributed by atoms with Gasteiger partial charge in [-0.3, -0.25) is 14.2 Å². The molecule has 1 N–H and O–H groups in total. The molecule has 29 heavy (non-hydrogen) atoms. The molecular formula is C21H31N3O3S2. The Hall–Kier alpha value is -1.38. The maximum atomic E-state index is 13.4. The number of hydrogen-bond donors (Lipinski definition) is 1. The first-order chi connectivity index (χ1) is 14.0. The summed E-state index contributed by atoms with van der Waals surface area (Å²) in [5, 5.41) is 4.40. The quantitative estimate of drug-likeness (QED) is 0.476. The van der Waals surface area contributed by atoms with Crippen molar-refractivity contribution in [1.82, 2.24) is 14.9 Å². The molecule has 1 fully saturated rings. The number of carbonyl (C=O) groups excluding carboxylic acids is 1. The maximum Gasteiger partial charge on any atom is 0.263 e. The van der Waals surface area contributed by atoms with Crippen LogP contribution in [0.1, 0.15) is 56.9 Å². The fraction of sp³-hybridized carbons (Fsp3) is 0.667. The minimum absolute atomic E-state index is 0.00500. The number of ether oxygens (including phenoxy) is 1. The molecule has 1 unspecified atom stereocenters. The lowest BCUT2D eigenvalue weighted by molar-refractivity contribution is -0.119. The predicted molar refractivity (Wildman–Crippen MR) is 120 cm³/mol. The molecule has 1 atom stereocenters. The van der Waals surface area contributed by atoms with E-state index in [9.17, 15) is 9.59 Å². The monoisotopic (exact) mass is 437 g/mol. The number of fused-ring (bicyclic) bond motifs is 1. The topological polar surface area (TPSA) is 73.2 Å². The first kappa shape index (κ1) is 22.3. The van der Waals surface area contributed by atoms with Gasteiger partial charge in [0.2, 0.25) is 5.91 Å². The number of thiophene rings is 1. The van der Waals surface area contributed by atoms with Crippen LogP contribution in [-0.2, 0) is 22.5 Å². The van der Waals surface area contributed by atoms with E-state index >= 15 is 0 Å². The molecule has 0 spiro atoms. The molecule has 0 radical (unpaired) electrons. The average Bonchev–Trinajstić information content (AvgIpc) is 3.33. The summed E-state index contributed by atoms with van der Waals surface area (Å²) in [6.07, 6.45) is 4.65. The van der Waals surface area contributed by atoms with E-state index in [1.165, 1.54) is 11.8 Å². The highest BCUT2D eigenvalue weighted by molar-refractivity contribution is 7.99. The van der Waals surface area contributed by atoms with Gasteiger partial charge >= 0.3 is 0 Å². The molecule has 3 rings (SSSR count). The van der Waals surface area contributed by atoms with Gasteiger partial charge < -0.3 is 10.1 Å². The lowest BCUT2D eigenvalue weighted by Gasteiger charge is -2.17. The number of rotatable bonds is 9. The second-order valence-corrected chi connectivity index (χ2v) is 9.63. The van der Waals surface area contributed by atoms with E-state index in [0.29, 0.717) is 11.7 Å². The Balaban J connectivity index is 1.91. The second-order valence-electron chi connectivity index (χ2n) is 7.49. The van der Waals surface area contributed by atoms with Gasteiger partial charge in [-0.25, -0.2) is 4.98 Å². The Labute approximate surface area is 180 Å². The third-order valence-electron chi connectivity index (χ3n) is 5.52. The van der Waals surface area contributed by atoms with Crippen molar-refractivity contribution in [1.29, 1.82) is 0 Å². The molecule has 0 bridgehead atoms. The maximum absolute atomic E-state index is 13.4. The second kappa shape index (κ2) is 10.1. The molecule has 1 amide bonds. The van der Waals surface area contributed by atoms with Gasteiger partial charge in [0.25, 0.3) is 5.56 Å². The van der Waals surface area contributed by atoms with E-state index in [1.54, 1.807) is 15.9 Å². The number of carbonyl (C=O) groups is 1. The highest BCUT2D eigenvalue weighted by Gasteiger charge is 2.23. The van der Waals surface area contributed by atoms with E-state index < -0.39 is 0 Å². The summed E-state index contributed by atoms with van der Waals surface area (Å²) in [4.78, 5) is 32.5. The number of nitrogens with one attached hydrogen (secondary N) is 1. The van der Waals surface area contributed by atoms with Gasteiger partial charge in [0.15, 0.2) is 5.16 Å². The molecule has 6 nitrogen and oxygen atoms in total. The SMILES string of the molecule is CCc1c(C)sc2nc(SCC(=O)NC(CC)CC)n(CC3CCCO3)c(=O)c12. The summed E-state index contributed by atoms with van der Waals surface area (Å²) in [5.41, 5.74) is 1.08. The molecule has 0 saturated carbocycles. The van der Waals surface area contributed by atoms with Crippen LogP contribution in [0.2, 0.25) is 0 Å². The van der Waals surface area contributed by atoms with Crippen molar-refractivity contribution in [3.05, 3.63) is 20.8 Å². The molecule has 3 heterocycles. The number of nitrogens with zero attached hydrogens (tertiary/aromatic N) is 2. The largest absolute Gasteiger partial charge is 0.376 e. The van der Waals surface area contributed by atoms with Gasteiger partial charge in [0, 0.05) is 17.5 Å². The zero-order chi connectivity index (χ0) is 21.0. The minimum Gasteiger partial charge on any atom is -0.376 e. The molecule has 1 saturated heterocycles. The first-order valence-electron chi connectivity index (χ1n) is 10.5.